The molecule has 10 heteroatoms. The average Bonchev–Trinajstić information content (AvgIpc) is 2.95. The molecule has 3 aromatic rings. The molecular weight excluding hydrogens is 482 g/mol. The third-order valence-electron chi connectivity index (χ3n) is 6.93. The minimum atomic E-state index is -0.995. The Labute approximate surface area is 222 Å². The van der Waals surface area contributed by atoms with Gasteiger partial charge in [-0.3, -0.25) is 4.79 Å². The smallest absolute Gasteiger partial charge is 0.336 e. The normalized spacial score (nSPS) is 17.7. The molecule has 5 N–H and O–H groups in total. The van der Waals surface area contributed by atoms with Crippen LogP contribution in [0, 0.1) is 5.92 Å². The first-order valence-electron chi connectivity index (χ1n) is 13.0. The number of aromatic carboxylic acids is 1. The van der Waals surface area contributed by atoms with Crippen LogP contribution in [0.25, 0.3) is 0 Å². The van der Waals surface area contributed by atoms with Gasteiger partial charge in [0, 0.05) is 32.1 Å². The lowest BCUT2D eigenvalue weighted by Gasteiger charge is -2.28. The fraction of sp³-hybridized carbons (Fsp3) is 0.393. The van der Waals surface area contributed by atoms with Gasteiger partial charge < -0.3 is 26.4 Å². The van der Waals surface area contributed by atoms with Crippen LogP contribution in [-0.2, 0) is 11.3 Å². The molecule has 4 rings (SSSR count). The number of amides is 1. The molecule has 1 fully saturated rings. The summed E-state index contributed by atoms with van der Waals surface area (Å²) in [4.78, 5) is 37.6. The molecular formula is C28H35N7O3. The monoisotopic (exact) mass is 517 g/mol. The fourth-order valence-electron chi connectivity index (χ4n) is 4.67. The number of hydrogen-bond acceptors (Lipinski definition) is 8. The van der Waals surface area contributed by atoms with Gasteiger partial charge in [0.25, 0.3) is 0 Å². The second-order valence-electron chi connectivity index (χ2n) is 9.62. The third-order valence-corrected chi connectivity index (χ3v) is 6.93. The number of carboxylic acids is 1. The molecule has 0 radical (unpaired) electrons. The Morgan fingerprint density at radius 2 is 1.58 bits per heavy atom. The molecule has 10 nitrogen and oxygen atoms in total. The molecule has 0 unspecified atom stereocenters. The first-order valence-corrected chi connectivity index (χ1v) is 13.0. The van der Waals surface area contributed by atoms with Gasteiger partial charge in [-0.15, -0.1) is 0 Å². The average molecular weight is 518 g/mol. The van der Waals surface area contributed by atoms with Crippen LogP contribution in [0.3, 0.4) is 0 Å². The molecule has 0 aliphatic heterocycles. The molecule has 1 aromatic heterocycles. The summed E-state index contributed by atoms with van der Waals surface area (Å²) in [7, 11) is 1.77. The fourth-order valence-corrected chi connectivity index (χ4v) is 4.67. The van der Waals surface area contributed by atoms with Gasteiger partial charge in [0.15, 0.2) is 0 Å². The van der Waals surface area contributed by atoms with Crippen LogP contribution in [0.2, 0.25) is 0 Å². The lowest BCUT2D eigenvalue weighted by Crippen LogP contribution is -2.36. The van der Waals surface area contributed by atoms with Crippen molar-refractivity contribution in [1.29, 1.82) is 0 Å². The molecule has 2 aromatic carbocycles. The quantitative estimate of drug-likeness (QED) is 0.254. The third kappa shape index (κ3) is 7.18. The highest BCUT2D eigenvalue weighted by molar-refractivity contribution is 5.89. The molecule has 38 heavy (non-hydrogen) atoms. The van der Waals surface area contributed by atoms with E-state index in [1.165, 1.54) is 5.56 Å². The van der Waals surface area contributed by atoms with Gasteiger partial charge in [0.05, 0.1) is 5.56 Å². The number of rotatable bonds is 11. The molecule has 0 saturated heterocycles. The van der Waals surface area contributed by atoms with Crippen molar-refractivity contribution in [3.63, 3.8) is 0 Å². The van der Waals surface area contributed by atoms with E-state index in [-0.39, 0.29) is 30.0 Å². The largest absolute Gasteiger partial charge is 0.478 e. The van der Waals surface area contributed by atoms with Crippen LogP contribution in [0.4, 0.5) is 17.8 Å². The predicted octanol–water partition coefficient (Wildman–Crippen LogP) is 4.11. The SMILES string of the molecule is CNc1nc(NC[C@H](C)c2ccccc2)nc(NC2CCC(C(=O)NCc3ccccc3C(=O)O)CC2)n1. The van der Waals surface area contributed by atoms with E-state index in [0.29, 0.717) is 35.9 Å². The minimum absolute atomic E-state index is 0.0414. The highest BCUT2D eigenvalue weighted by Crippen LogP contribution is 2.27. The Hall–Kier alpha value is -4.21. The lowest BCUT2D eigenvalue weighted by molar-refractivity contribution is -0.126. The predicted molar refractivity (Wildman–Crippen MR) is 147 cm³/mol. The molecule has 1 atom stereocenters. The van der Waals surface area contributed by atoms with Crippen molar-refractivity contribution in [1.82, 2.24) is 20.3 Å². The molecule has 200 valence electrons. The van der Waals surface area contributed by atoms with Crippen LogP contribution < -0.4 is 21.3 Å². The van der Waals surface area contributed by atoms with Crippen molar-refractivity contribution in [2.45, 2.75) is 51.1 Å². The maximum atomic E-state index is 12.7. The van der Waals surface area contributed by atoms with Crippen molar-refractivity contribution in [3.8, 4) is 0 Å². The van der Waals surface area contributed by atoms with Gasteiger partial charge in [0.1, 0.15) is 0 Å². The van der Waals surface area contributed by atoms with Crippen LogP contribution >= 0.6 is 0 Å². The molecule has 0 spiro atoms. The van der Waals surface area contributed by atoms with E-state index in [1.807, 2.05) is 18.2 Å². The topological polar surface area (TPSA) is 141 Å². The molecule has 1 heterocycles. The van der Waals surface area contributed by atoms with Crippen LogP contribution in [0.15, 0.2) is 54.6 Å². The summed E-state index contributed by atoms with van der Waals surface area (Å²) in [5.41, 5.74) is 2.05. The summed E-state index contributed by atoms with van der Waals surface area (Å²) < 4.78 is 0. The van der Waals surface area contributed by atoms with E-state index < -0.39 is 5.97 Å². The number of carbonyl (C=O) groups is 2. The Balaban J connectivity index is 1.28. The van der Waals surface area contributed by atoms with E-state index in [4.69, 9.17) is 0 Å². The first-order chi connectivity index (χ1) is 18.4. The summed E-state index contributed by atoms with van der Waals surface area (Å²) in [5, 5.41) is 22.0. The van der Waals surface area contributed by atoms with Crippen LogP contribution in [0.1, 0.15) is 60.0 Å². The van der Waals surface area contributed by atoms with Crippen molar-refractivity contribution < 1.29 is 14.7 Å². The van der Waals surface area contributed by atoms with Crippen molar-refractivity contribution in [3.05, 3.63) is 71.3 Å². The van der Waals surface area contributed by atoms with E-state index in [0.717, 1.165) is 25.7 Å². The van der Waals surface area contributed by atoms with Gasteiger partial charge in [-0.1, -0.05) is 55.5 Å². The molecule has 1 saturated carbocycles. The van der Waals surface area contributed by atoms with Gasteiger partial charge in [-0.05, 0) is 48.8 Å². The van der Waals surface area contributed by atoms with Crippen LogP contribution in [0.5, 0.6) is 0 Å². The van der Waals surface area contributed by atoms with Crippen LogP contribution in [-0.4, -0.2) is 51.6 Å². The second kappa shape index (κ2) is 12.8. The Morgan fingerprint density at radius 1 is 0.921 bits per heavy atom. The maximum Gasteiger partial charge on any atom is 0.336 e. The summed E-state index contributed by atoms with van der Waals surface area (Å²) in [6.07, 6.45) is 3.07. The number of nitrogens with zero attached hydrogens (tertiary/aromatic N) is 3. The number of carboxylic acid groups (broad SMARTS) is 1. The molecule has 1 aliphatic rings. The highest BCUT2D eigenvalue weighted by Gasteiger charge is 2.27. The Morgan fingerprint density at radius 3 is 2.29 bits per heavy atom. The van der Waals surface area contributed by atoms with Crippen molar-refractivity contribution in [2.24, 2.45) is 5.92 Å². The summed E-state index contributed by atoms with van der Waals surface area (Å²) in [6.45, 7) is 3.05. The minimum Gasteiger partial charge on any atom is -0.478 e. The maximum absolute atomic E-state index is 12.7. The van der Waals surface area contributed by atoms with Gasteiger partial charge in [0.2, 0.25) is 23.8 Å². The first kappa shape index (κ1) is 26.8. The van der Waals surface area contributed by atoms with E-state index in [1.54, 1.807) is 31.3 Å². The standard InChI is InChI=1S/C28H35N7O3/c1-18(19-8-4-3-5-9-19)16-31-27-33-26(29-2)34-28(35-27)32-22-14-12-20(13-15-22)24(36)30-17-21-10-6-7-11-23(21)25(37)38/h3-11,18,20,22H,12-17H2,1-2H3,(H,30,36)(H,37,38)(H3,29,31,32,33,34,35)/t18-,20?,22?/m0/s1. The zero-order chi connectivity index (χ0) is 26.9. The number of nitrogens with one attached hydrogen (secondary N) is 4. The number of anilines is 3. The highest BCUT2D eigenvalue weighted by atomic mass is 16.4. The van der Waals surface area contributed by atoms with Gasteiger partial charge in [-0.2, -0.15) is 15.0 Å². The molecule has 1 amide bonds. The lowest BCUT2D eigenvalue weighted by atomic mass is 9.85. The number of hydrogen-bond donors (Lipinski definition) is 5. The van der Waals surface area contributed by atoms with Crippen molar-refractivity contribution in [2.75, 3.05) is 29.5 Å². The van der Waals surface area contributed by atoms with Gasteiger partial charge >= 0.3 is 5.97 Å². The summed E-state index contributed by atoms with van der Waals surface area (Å²) in [5.74, 6) is 0.633. The number of carbonyl (C=O) groups excluding carboxylic acids is 1. The number of benzene rings is 2. The second-order valence-corrected chi connectivity index (χ2v) is 9.62. The van der Waals surface area contributed by atoms with Crippen molar-refractivity contribution >= 4 is 29.7 Å². The van der Waals surface area contributed by atoms with Gasteiger partial charge in [-0.25, -0.2) is 4.79 Å². The zero-order valence-corrected chi connectivity index (χ0v) is 21.8. The summed E-state index contributed by atoms with van der Waals surface area (Å²) in [6, 6.07) is 17.2. The molecule has 0 bridgehead atoms. The van der Waals surface area contributed by atoms with E-state index in [2.05, 4.69) is 55.3 Å². The molecule has 1 aliphatic carbocycles. The van der Waals surface area contributed by atoms with E-state index in [9.17, 15) is 14.7 Å². The Kier molecular flexibility index (Phi) is 9.07. The summed E-state index contributed by atoms with van der Waals surface area (Å²) >= 11 is 0. The Bertz CT molecular complexity index is 1230. The number of aromatic nitrogens is 3. The van der Waals surface area contributed by atoms with E-state index >= 15 is 0 Å². The zero-order valence-electron chi connectivity index (χ0n) is 21.8.